The SMILES string of the molecule is CCCCC/C(=N/NC(=O)CCC(=O)Nc1cccc(Cl)c1C)c1ccccc1. The Kier molecular flexibility index (Phi) is 9.38. The van der Waals surface area contributed by atoms with Crippen LogP contribution in [-0.2, 0) is 9.59 Å². The molecule has 2 amide bonds. The Morgan fingerprint density at radius 3 is 2.38 bits per heavy atom. The van der Waals surface area contributed by atoms with Crippen molar-refractivity contribution in [3.8, 4) is 0 Å². The van der Waals surface area contributed by atoms with Gasteiger partial charge in [0, 0.05) is 23.6 Å². The highest BCUT2D eigenvalue weighted by Crippen LogP contribution is 2.23. The summed E-state index contributed by atoms with van der Waals surface area (Å²) in [6.07, 6.45) is 4.18. The van der Waals surface area contributed by atoms with E-state index in [1.807, 2.05) is 37.3 Å². The van der Waals surface area contributed by atoms with Gasteiger partial charge >= 0.3 is 0 Å². The van der Waals surface area contributed by atoms with Gasteiger partial charge in [-0.1, -0.05) is 67.8 Å². The van der Waals surface area contributed by atoms with Crippen molar-refractivity contribution < 1.29 is 9.59 Å². The van der Waals surface area contributed by atoms with Crippen molar-refractivity contribution in [3.63, 3.8) is 0 Å². The van der Waals surface area contributed by atoms with E-state index in [1.54, 1.807) is 18.2 Å². The van der Waals surface area contributed by atoms with E-state index in [0.29, 0.717) is 10.7 Å². The van der Waals surface area contributed by atoms with Crippen LogP contribution in [0.2, 0.25) is 5.02 Å². The number of nitrogens with zero attached hydrogens (tertiary/aromatic N) is 1. The predicted octanol–water partition coefficient (Wildman–Crippen LogP) is 5.47. The molecular weight excluding hydrogens is 386 g/mol. The van der Waals surface area contributed by atoms with E-state index in [9.17, 15) is 9.59 Å². The molecule has 0 saturated carbocycles. The van der Waals surface area contributed by atoms with Gasteiger partial charge in [-0.2, -0.15) is 5.10 Å². The summed E-state index contributed by atoms with van der Waals surface area (Å²) in [5.74, 6) is -0.521. The Bertz CT molecular complexity index is 850. The van der Waals surface area contributed by atoms with E-state index in [2.05, 4.69) is 22.8 Å². The number of benzene rings is 2. The lowest BCUT2D eigenvalue weighted by molar-refractivity contribution is -0.124. The molecule has 2 aromatic carbocycles. The van der Waals surface area contributed by atoms with Crippen molar-refractivity contribution in [1.82, 2.24) is 5.43 Å². The van der Waals surface area contributed by atoms with Crippen LogP contribution >= 0.6 is 11.6 Å². The molecule has 0 bridgehead atoms. The molecule has 5 nitrogen and oxygen atoms in total. The number of unbranched alkanes of at least 4 members (excludes halogenated alkanes) is 2. The lowest BCUT2D eigenvalue weighted by atomic mass is 10.0. The van der Waals surface area contributed by atoms with Crippen molar-refractivity contribution in [1.29, 1.82) is 0 Å². The van der Waals surface area contributed by atoms with Crippen molar-refractivity contribution >= 4 is 34.8 Å². The highest BCUT2D eigenvalue weighted by Gasteiger charge is 2.10. The fraction of sp³-hybridized carbons (Fsp3) is 0.348. The second kappa shape index (κ2) is 12.0. The molecule has 29 heavy (non-hydrogen) atoms. The fourth-order valence-corrected chi connectivity index (χ4v) is 2.98. The Morgan fingerprint density at radius 2 is 1.66 bits per heavy atom. The molecule has 0 aliphatic carbocycles. The largest absolute Gasteiger partial charge is 0.326 e. The van der Waals surface area contributed by atoms with E-state index >= 15 is 0 Å². The van der Waals surface area contributed by atoms with Crippen LogP contribution in [0.5, 0.6) is 0 Å². The fourth-order valence-electron chi connectivity index (χ4n) is 2.81. The smallest absolute Gasteiger partial charge is 0.240 e. The van der Waals surface area contributed by atoms with Gasteiger partial charge in [0.1, 0.15) is 0 Å². The van der Waals surface area contributed by atoms with Crippen molar-refractivity contribution in [2.75, 3.05) is 5.32 Å². The third-order valence-electron chi connectivity index (χ3n) is 4.56. The van der Waals surface area contributed by atoms with Crippen LogP contribution in [0.3, 0.4) is 0 Å². The molecule has 0 saturated heterocycles. The van der Waals surface area contributed by atoms with E-state index in [-0.39, 0.29) is 24.7 Å². The Labute approximate surface area is 177 Å². The van der Waals surface area contributed by atoms with Gasteiger partial charge in [0.2, 0.25) is 11.8 Å². The number of halogens is 1. The van der Waals surface area contributed by atoms with Crippen LogP contribution in [0.4, 0.5) is 5.69 Å². The minimum Gasteiger partial charge on any atom is -0.326 e. The molecule has 154 valence electrons. The van der Waals surface area contributed by atoms with E-state index in [1.165, 1.54) is 0 Å². The van der Waals surface area contributed by atoms with Crippen LogP contribution < -0.4 is 10.7 Å². The highest BCUT2D eigenvalue weighted by molar-refractivity contribution is 6.31. The molecule has 0 fully saturated rings. The van der Waals surface area contributed by atoms with Crippen LogP contribution in [-0.4, -0.2) is 17.5 Å². The molecule has 2 rings (SSSR count). The van der Waals surface area contributed by atoms with Gasteiger partial charge < -0.3 is 5.32 Å². The molecule has 0 unspecified atom stereocenters. The summed E-state index contributed by atoms with van der Waals surface area (Å²) in [6, 6.07) is 15.1. The van der Waals surface area contributed by atoms with Crippen molar-refractivity contribution in [2.24, 2.45) is 5.10 Å². The van der Waals surface area contributed by atoms with Crippen LogP contribution in [0, 0.1) is 6.92 Å². The van der Waals surface area contributed by atoms with E-state index < -0.39 is 0 Å². The average molecular weight is 414 g/mol. The predicted molar refractivity (Wildman–Crippen MR) is 119 cm³/mol. The Balaban J connectivity index is 1.88. The monoisotopic (exact) mass is 413 g/mol. The number of rotatable bonds is 10. The second-order valence-corrected chi connectivity index (χ2v) is 7.28. The average Bonchev–Trinajstić information content (AvgIpc) is 2.73. The minimum absolute atomic E-state index is 0.0615. The number of carbonyl (C=O) groups excluding carboxylic acids is 2. The van der Waals surface area contributed by atoms with Gasteiger partial charge in [-0.25, -0.2) is 5.43 Å². The summed E-state index contributed by atoms with van der Waals surface area (Å²) in [7, 11) is 0. The van der Waals surface area contributed by atoms with Crippen LogP contribution in [0.25, 0.3) is 0 Å². The zero-order valence-electron chi connectivity index (χ0n) is 17.0. The number of anilines is 1. The maximum atomic E-state index is 12.2. The van der Waals surface area contributed by atoms with Gasteiger partial charge in [0.15, 0.2) is 0 Å². The standard InChI is InChI=1S/C23H28ClN3O2/c1-3-4-6-13-21(18-10-7-5-8-11-18)26-27-23(29)16-15-22(28)25-20-14-9-12-19(24)17(20)2/h5,7-12,14H,3-4,6,13,15-16H2,1-2H3,(H,25,28)(H,27,29)/b26-21-. The summed E-state index contributed by atoms with van der Waals surface area (Å²) in [5.41, 5.74) is 5.90. The molecule has 2 aromatic rings. The maximum absolute atomic E-state index is 12.2. The van der Waals surface area contributed by atoms with Gasteiger partial charge in [-0.15, -0.1) is 0 Å². The molecular formula is C23H28ClN3O2. The third kappa shape index (κ3) is 7.70. The molecule has 0 aromatic heterocycles. The quantitative estimate of drug-likeness (QED) is 0.308. The van der Waals surface area contributed by atoms with Gasteiger partial charge in [-0.3, -0.25) is 9.59 Å². The van der Waals surface area contributed by atoms with Crippen LogP contribution in [0.15, 0.2) is 53.6 Å². The minimum atomic E-state index is -0.285. The number of hydrazone groups is 1. The first kappa shape index (κ1) is 22.6. The highest BCUT2D eigenvalue weighted by atomic mass is 35.5. The van der Waals surface area contributed by atoms with Gasteiger partial charge in [-0.05, 0) is 43.0 Å². The molecule has 0 heterocycles. The normalized spacial score (nSPS) is 11.2. The number of hydrogen-bond acceptors (Lipinski definition) is 3. The summed E-state index contributed by atoms with van der Waals surface area (Å²) < 4.78 is 0. The lowest BCUT2D eigenvalue weighted by Gasteiger charge is -2.10. The Hall–Kier alpha value is -2.66. The molecule has 0 spiro atoms. The Morgan fingerprint density at radius 1 is 0.931 bits per heavy atom. The number of carbonyl (C=O) groups is 2. The molecule has 0 aliphatic heterocycles. The summed E-state index contributed by atoms with van der Waals surface area (Å²) in [6.45, 7) is 3.99. The van der Waals surface area contributed by atoms with E-state index in [4.69, 9.17) is 11.6 Å². The topological polar surface area (TPSA) is 70.6 Å². The van der Waals surface area contributed by atoms with Crippen molar-refractivity contribution in [2.45, 2.75) is 52.4 Å². The first-order valence-electron chi connectivity index (χ1n) is 9.97. The molecule has 2 N–H and O–H groups in total. The molecule has 0 aliphatic rings. The summed E-state index contributed by atoms with van der Waals surface area (Å²) >= 11 is 6.06. The van der Waals surface area contributed by atoms with Gasteiger partial charge in [0.25, 0.3) is 0 Å². The first-order chi connectivity index (χ1) is 14.0. The molecule has 6 heteroatoms. The number of amides is 2. The van der Waals surface area contributed by atoms with Gasteiger partial charge in [0.05, 0.1) is 5.71 Å². The molecule has 0 atom stereocenters. The van der Waals surface area contributed by atoms with Crippen LogP contribution in [0.1, 0.15) is 56.6 Å². The zero-order chi connectivity index (χ0) is 21.1. The van der Waals surface area contributed by atoms with E-state index in [0.717, 1.165) is 42.5 Å². The maximum Gasteiger partial charge on any atom is 0.240 e. The number of nitrogens with one attached hydrogen (secondary N) is 2. The lowest BCUT2D eigenvalue weighted by Crippen LogP contribution is -2.22. The van der Waals surface area contributed by atoms with Crippen molar-refractivity contribution in [3.05, 3.63) is 64.7 Å². The molecule has 0 radical (unpaired) electrons. The summed E-state index contributed by atoms with van der Waals surface area (Å²) in [5, 5.41) is 7.70. The zero-order valence-corrected chi connectivity index (χ0v) is 17.8. The second-order valence-electron chi connectivity index (χ2n) is 6.88. The number of hydrogen-bond donors (Lipinski definition) is 2. The third-order valence-corrected chi connectivity index (χ3v) is 4.97. The first-order valence-corrected chi connectivity index (χ1v) is 10.3. The summed E-state index contributed by atoms with van der Waals surface area (Å²) in [4.78, 5) is 24.3.